The molecular weight excluding hydrogens is 294 g/mol. The van der Waals surface area contributed by atoms with Gasteiger partial charge in [-0.1, -0.05) is 11.6 Å². The smallest absolute Gasteiger partial charge is 0.305 e. The van der Waals surface area contributed by atoms with Crippen LogP contribution in [0.15, 0.2) is 24.3 Å². The third-order valence-electron chi connectivity index (χ3n) is 3.43. The molecule has 1 aromatic rings. The molecule has 0 spiro atoms. The van der Waals surface area contributed by atoms with Crippen LogP contribution in [-0.4, -0.2) is 54.9 Å². The van der Waals surface area contributed by atoms with Crippen LogP contribution < -0.4 is 4.74 Å². The lowest BCUT2D eigenvalue weighted by Gasteiger charge is -2.34. The molecule has 1 saturated heterocycles. The van der Waals surface area contributed by atoms with Gasteiger partial charge in [0.1, 0.15) is 5.75 Å². The van der Waals surface area contributed by atoms with Crippen LogP contribution in [0.25, 0.3) is 0 Å². The highest BCUT2D eigenvalue weighted by Crippen LogP contribution is 2.16. The largest absolute Gasteiger partial charge is 0.494 e. The molecule has 0 aliphatic carbocycles. The molecular formula is C15H20ClNO4. The van der Waals surface area contributed by atoms with E-state index in [1.807, 2.05) is 12.1 Å². The number of aliphatic carboxylic acids is 1. The predicted octanol–water partition coefficient (Wildman–Crippen LogP) is 2.28. The fourth-order valence-electron chi connectivity index (χ4n) is 2.36. The van der Waals surface area contributed by atoms with Crippen molar-refractivity contribution < 1.29 is 19.4 Å². The zero-order valence-electron chi connectivity index (χ0n) is 11.8. The summed E-state index contributed by atoms with van der Waals surface area (Å²) < 4.78 is 11.0. The summed E-state index contributed by atoms with van der Waals surface area (Å²) >= 11 is 5.81. The second-order valence-corrected chi connectivity index (χ2v) is 5.45. The van der Waals surface area contributed by atoms with E-state index in [-0.39, 0.29) is 12.5 Å². The summed E-state index contributed by atoms with van der Waals surface area (Å²) in [4.78, 5) is 13.0. The third kappa shape index (κ3) is 5.53. The van der Waals surface area contributed by atoms with Gasteiger partial charge in [0.05, 0.1) is 26.2 Å². The number of carboxylic acid groups (broad SMARTS) is 1. The highest BCUT2D eigenvalue weighted by molar-refractivity contribution is 6.30. The lowest BCUT2D eigenvalue weighted by Crippen LogP contribution is -2.47. The highest BCUT2D eigenvalue weighted by atomic mass is 35.5. The van der Waals surface area contributed by atoms with Crippen molar-refractivity contribution in [3.63, 3.8) is 0 Å². The SMILES string of the molecule is O=C(O)CC1COCCN1CCCOc1ccc(Cl)cc1. The Bertz CT molecular complexity index is 451. The van der Waals surface area contributed by atoms with Gasteiger partial charge >= 0.3 is 5.97 Å². The van der Waals surface area contributed by atoms with Crippen LogP contribution in [0.1, 0.15) is 12.8 Å². The number of hydrogen-bond acceptors (Lipinski definition) is 4. The fourth-order valence-corrected chi connectivity index (χ4v) is 2.49. The van der Waals surface area contributed by atoms with Crippen LogP contribution in [0.2, 0.25) is 5.02 Å². The first-order valence-corrected chi connectivity index (χ1v) is 7.45. The van der Waals surface area contributed by atoms with Crippen LogP contribution >= 0.6 is 11.6 Å². The summed E-state index contributed by atoms with van der Waals surface area (Å²) in [7, 11) is 0. The molecule has 1 aliphatic rings. The molecule has 1 aromatic carbocycles. The van der Waals surface area contributed by atoms with Gasteiger partial charge in [0.25, 0.3) is 0 Å². The lowest BCUT2D eigenvalue weighted by atomic mass is 10.1. The number of carbonyl (C=O) groups is 1. The number of hydrogen-bond donors (Lipinski definition) is 1. The first-order chi connectivity index (χ1) is 10.1. The molecule has 6 heteroatoms. The van der Waals surface area contributed by atoms with Gasteiger partial charge in [0.15, 0.2) is 0 Å². The van der Waals surface area contributed by atoms with E-state index in [9.17, 15) is 4.79 Å². The summed E-state index contributed by atoms with van der Waals surface area (Å²) in [6.45, 7) is 3.34. The van der Waals surface area contributed by atoms with Crippen LogP contribution in [0, 0.1) is 0 Å². The van der Waals surface area contributed by atoms with Crippen molar-refractivity contribution in [3.8, 4) is 5.75 Å². The van der Waals surface area contributed by atoms with Gasteiger partial charge in [-0.3, -0.25) is 9.69 Å². The first kappa shape index (κ1) is 16.1. The molecule has 1 atom stereocenters. The maximum absolute atomic E-state index is 10.8. The molecule has 2 rings (SSSR count). The number of halogens is 1. The minimum atomic E-state index is -0.784. The lowest BCUT2D eigenvalue weighted by molar-refractivity contribution is -0.140. The van der Waals surface area contributed by atoms with Gasteiger partial charge < -0.3 is 14.6 Å². The van der Waals surface area contributed by atoms with Gasteiger partial charge in [0, 0.05) is 24.2 Å². The van der Waals surface area contributed by atoms with Crippen LogP contribution in [0.3, 0.4) is 0 Å². The minimum Gasteiger partial charge on any atom is -0.494 e. The van der Waals surface area contributed by atoms with Crippen molar-refractivity contribution in [2.24, 2.45) is 0 Å². The van der Waals surface area contributed by atoms with Crippen LogP contribution in [0.4, 0.5) is 0 Å². The average Bonchev–Trinajstić information content (AvgIpc) is 2.46. The molecule has 21 heavy (non-hydrogen) atoms. The second kappa shape index (κ2) is 8.22. The summed E-state index contributed by atoms with van der Waals surface area (Å²) in [5.41, 5.74) is 0. The standard InChI is InChI=1S/C15H20ClNO4/c16-12-2-4-14(5-3-12)21-8-1-6-17-7-9-20-11-13(17)10-15(18)19/h2-5,13H,1,6-11H2,(H,18,19). The minimum absolute atomic E-state index is 0.0354. The molecule has 1 unspecified atom stereocenters. The molecule has 1 fully saturated rings. The van der Waals surface area contributed by atoms with E-state index in [0.717, 1.165) is 25.3 Å². The maximum Gasteiger partial charge on any atom is 0.305 e. The van der Waals surface area contributed by atoms with E-state index in [1.54, 1.807) is 12.1 Å². The van der Waals surface area contributed by atoms with Crippen molar-refractivity contribution in [2.75, 3.05) is 32.9 Å². The molecule has 0 bridgehead atoms. The Labute approximate surface area is 129 Å². The van der Waals surface area contributed by atoms with E-state index in [2.05, 4.69) is 4.90 Å². The van der Waals surface area contributed by atoms with Gasteiger partial charge in [-0.15, -0.1) is 0 Å². The van der Waals surface area contributed by atoms with Crippen molar-refractivity contribution in [2.45, 2.75) is 18.9 Å². The van der Waals surface area contributed by atoms with Crippen molar-refractivity contribution in [1.29, 1.82) is 0 Å². The normalized spacial score (nSPS) is 19.4. The number of carboxylic acids is 1. The van der Waals surface area contributed by atoms with E-state index in [4.69, 9.17) is 26.2 Å². The Morgan fingerprint density at radius 2 is 2.19 bits per heavy atom. The number of nitrogens with zero attached hydrogens (tertiary/aromatic N) is 1. The third-order valence-corrected chi connectivity index (χ3v) is 3.68. The molecule has 0 saturated carbocycles. The number of ether oxygens (including phenoxy) is 2. The van der Waals surface area contributed by atoms with E-state index >= 15 is 0 Å². The average molecular weight is 314 g/mol. The van der Waals surface area contributed by atoms with Gasteiger partial charge in [-0.05, 0) is 30.7 Å². The molecule has 1 aliphatic heterocycles. The van der Waals surface area contributed by atoms with Crippen molar-refractivity contribution >= 4 is 17.6 Å². The van der Waals surface area contributed by atoms with Gasteiger partial charge in [0.2, 0.25) is 0 Å². The molecule has 1 heterocycles. The quantitative estimate of drug-likeness (QED) is 0.783. The van der Waals surface area contributed by atoms with Crippen molar-refractivity contribution in [1.82, 2.24) is 4.90 Å². The zero-order valence-corrected chi connectivity index (χ0v) is 12.6. The molecule has 5 nitrogen and oxygen atoms in total. The Morgan fingerprint density at radius 3 is 2.90 bits per heavy atom. The maximum atomic E-state index is 10.8. The summed E-state index contributed by atoms with van der Waals surface area (Å²) in [6, 6.07) is 7.23. The fraction of sp³-hybridized carbons (Fsp3) is 0.533. The zero-order chi connectivity index (χ0) is 15.1. The van der Waals surface area contributed by atoms with E-state index in [0.29, 0.717) is 24.8 Å². The number of rotatable bonds is 7. The van der Waals surface area contributed by atoms with E-state index in [1.165, 1.54) is 0 Å². The summed E-state index contributed by atoms with van der Waals surface area (Å²) in [6.07, 6.45) is 0.969. The molecule has 1 N–H and O–H groups in total. The Kier molecular flexibility index (Phi) is 6.29. The van der Waals surface area contributed by atoms with E-state index < -0.39 is 5.97 Å². The topological polar surface area (TPSA) is 59.0 Å². The Balaban J connectivity index is 1.71. The molecule has 0 amide bonds. The highest BCUT2D eigenvalue weighted by Gasteiger charge is 2.24. The monoisotopic (exact) mass is 313 g/mol. The first-order valence-electron chi connectivity index (χ1n) is 7.07. The second-order valence-electron chi connectivity index (χ2n) is 5.02. The summed E-state index contributed by atoms with van der Waals surface area (Å²) in [5, 5.41) is 9.60. The van der Waals surface area contributed by atoms with Crippen LogP contribution in [0.5, 0.6) is 5.75 Å². The van der Waals surface area contributed by atoms with Gasteiger partial charge in [-0.2, -0.15) is 0 Å². The van der Waals surface area contributed by atoms with Crippen LogP contribution in [-0.2, 0) is 9.53 Å². The predicted molar refractivity (Wildman–Crippen MR) is 80.0 cm³/mol. The number of benzene rings is 1. The van der Waals surface area contributed by atoms with Crippen molar-refractivity contribution in [3.05, 3.63) is 29.3 Å². The number of morpholine rings is 1. The Morgan fingerprint density at radius 1 is 1.43 bits per heavy atom. The van der Waals surface area contributed by atoms with Gasteiger partial charge in [-0.25, -0.2) is 0 Å². The molecule has 0 aromatic heterocycles. The Hall–Kier alpha value is -1.30. The summed E-state index contributed by atoms with van der Waals surface area (Å²) in [5.74, 6) is 0.0105. The molecule has 116 valence electrons. The molecule has 0 radical (unpaired) electrons.